The van der Waals surface area contributed by atoms with E-state index in [-0.39, 0.29) is 22.8 Å². The Labute approximate surface area is 118 Å². The third-order valence-electron chi connectivity index (χ3n) is 2.93. The number of hydrogen-bond acceptors (Lipinski definition) is 5. The maximum absolute atomic E-state index is 12.2. The van der Waals surface area contributed by atoms with Gasteiger partial charge in [0, 0.05) is 11.6 Å². The van der Waals surface area contributed by atoms with Crippen molar-refractivity contribution in [2.45, 2.75) is 0 Å². The summed E-state index contributed by atoms with van der Waals surface area (Å²) in [7, 11) is 0. The zero-order valence-electron chi connectivity index (χ0n) is 10.7. The highest BCUT2D eigenvalue weighted by Gasteiger charge is 2.15. The van der Waals surface area contributed by atoms with Gasteiger partial charge in [0.2, 0.25) is 0 Å². The van der Waals surface area contributed by atoms with Gasteiger partial charge < -0.3 is 10.4 Å². The van der Waals surface area contributed by atoms with E-state index in [2.05, 4.69) is 20.5 Å². The molecule has 1 aromatic carbocycles. The van der Waals surface area contributed by atoms with Crippen LogP contribution in [0.15, 0.2) is 47.4 Å². The van der Waals surface area contributed by atoms with Crippen LogP contribution in [0.5, 0.6) is 5.75 Å². The number of carbonyl (C=O) groups is 1. The van der Waals surface area contributed by atoms with Crippen molar-refractivity contribution in [3.05, 3.63) is 58.6 Å². The SMILES string of the molecule is O=C(Nc1ncccc1O)c1n[nH]c(=O)c2ccccc12. The van der Waals surface area contributed by atoms with Crippen LogP contribution in [-0.4, -0.2) is 26.2 Å². The van der Waals surface area contributed by atoms with Crippen molar-refractivity contribution in [3.8, 4) is 5.75 Å². The largest absolute Gasteiger partial charge is 0.504 e. The fourth-order valence-electron chi connectivity index (χ4n) is 1.95. The smallest absolute Gasteiger partial charge is 0.278 e. The number of nitrogens with one attached hydrogen (secondary N) is 2. The molecule has 104 valence electrons. The summed E-state index contributed by atoms with van der Waals surface area (Å²) < 4.78 is 0. The van der Waals surface area contributed by atoms with Gasteiger partial charge in [-0.3, -0.25) is 9.59 Å². The number of fused-ring (bicyclic) bond motifs is 1. The lowest BCUT2D eigenvalue weighted by molar-refractivity contribution is 0.102. The quantitative estimate of drug-likeness (QED) is 0.656. The van der Waals surface area contributed by atoms with Crippen molar-refractivity contribution in [2.75, 3.05) is 5.32 Å². The van der Waals surface area contributed by atoms with Gasteiger partial charge in [-0.15, -0.1) is 0 Å². The van der Waals surface area contributed by atoms with Crippen LogP contribution in [0.25, 0.3) is 10.8 Å². The van der Waals surface area contributed by atoms with E-state index in [1.165, 1.54) is 12.3 Å². The predicted molar refractivity (Wildman–Crippen MR) is 76.2 cm³/mol. The van der Waals surface area contributed by atoms with E-state index < -0.39 is 5.91 Å². The number of benzene rings is 1. The van der Waals surface area contributed by atoms with E-state index >= 15 is 0 Å². The van der Waals surface area contributed by atoms with Crippen molar-refractivity contribution in [1.29, 1.82) is 0 Å². The molecule has 0 atom stereocenters. The molecule has 1 amide bonds. The van der Waals surface area contributed by atoms with Crippen LogP contribution in [0.4, 0.5) is 5.82 Å². The molecule has 0 unspecified atom stereocenters. The summed E-state index contributed by atoms with van der Waals surface area (Å²) >= 11 is 0. The van der Waals surface area contributed by atoms with E-state index in [0.717, 1.165) is 0 Å². The number of amides is 1. The summed E-state index contributed by atoms with van der Waals surface area (Å²) in [4.78, 5) is 27.8. The van der Waals surface area contributed by atoms with Gasteiger partial charge in [0.15, 0.2) is 17.3 Å². The topological polar surface area (TPSA) is 108 Å². The number of anilines is 1. The van der Waals surface area contributed by atoms with Crippen LogP contribution >= 0.6 is 0 Å². The van der Waals surface area contributed by atoms with Crippen molar-refractivity contribution < 1.29 is 9.90 Å². The number of aromatic hydroxyl groups is 1. The maximum Gasteiger partial charge on any atom is 0.278 e. The number of hydrogen-bond donors (Lipinski definition) is 3. The second-order valence-corrected chi connectivity index (χ2v) is 4.27. The van der Waals surface area contributed by atoms with Crippen molar-refractivity contribution in [1.82, 2.24) is 15.2 Å². The van der Waals surface area contributed by atoms with Crippen LogP contribution < -0.4 is 10.9 Å². The first kappa shape index (κ1) is 12.8. The molecule has 0 saturated carbocycles. The average Bonchev–Trinajstić information content (AvgIpc) is 2.50. The maximum atomic E-state index is 12.2. The summed E-state index contributed by atoms with van der Waals surface area (Å²) in [6.07, 6.45) is 1.44. The monoisotopic (exact) mass is 282 g/mol. The molecule has 0 radical (unpaired) electrons. The van der Waals surface area contributed by atoms with Crippen LogP contribution in [0, 0.1) is 0 Å². The standard InChI is InChI=1S/C14H10N4O3/c19-10-6-3-7-15-12(10)16-14(21)11-8-4-1-2-5-9(8)13(20)18-17-11/h1-7,19H,(H,18,20)(H,15,16,21). The molecule has 2 heterocycles. The first-order chi connectivity index (χ1) is 10.2. The molecule has 0 bridgehead atoms. The predicted octanol–water partition coefficient (Wildman–Crippen LogP) is 1.28. The number of aromatic amines is 1. The molecule has 21 heavy (non-hydrogen) atoms. The van der Waals surface area contributed by atoms with Gasteiger partial charge in [-0.05, 0) is 18.2 Å². The Morgan fingerprint density at radius 3 is 2.67 bits per heavy atom. The highest BCUT2D eigenvalue weighted by Crippen LogP contribution is 2.20. The summed E-state index contributed by atoms with van der Waals surface area (Å²) in [5, 5.41) is 18.9. The third-order valence-corrected chi connectivity index (χ3v) is 2.93. The van der Waals surface area contributed by atoms with Crippen molar-refractivity contribution in [3.63, 3.8) is 0 Å². The minimum atomic E-state index is -0.573. The Balaban J connectivity index is 2.05. The van der Waals surface area contributed by atoms with Crippen LogP contribution in [0.3, 0.4) is 0 Å². The molecule has 0 spiro atoms. The zero-order chi connectivity index (χ0) is 14.8. The number of rotatable bonds is 2. The molecule has 3 N–H and O–H groups in total. The Morgan fingerprint density at radius 2 is 1.90 bits per heavy atom. The second-order valence-electron chi connectivity index (χ2n) is 4.27. The molecular formula is C14H10N4O3. The average molecular weight is 282 g/mol. The Hall–Kier alpha value is -3.22. The van der Waals surface area contributed by atoms with Gasteiger partial charge in [-0.1, -0.05) is 18.2 Å². The highest BCUT2D eigenvalue weighted by molar-refractivity contribution is 6.11. The molecule has 7 nitrogen and oxygen atoms in total. The fourth-order valence-corrected chi connectivity index (χ4v) is 1.95. The van der Waals surface area contributed by atoms with Crippen LogP contribution in [-0.2, 0) is 0 Å². The van der Waals surface area contributed by atoms with Crippen LogP contribution in [0.1, 0.15) is 10.5 Å². The van der Waals surface area contributed by atoms with Gasteiger partial charge in [0.1, 0.15) is 0 Å². The van der Waals surface area contributed by atoms with Gasteiger partial charge >= 0.3 is 0 Å². The molecule has 3 rings (SSSR count). The number of H-pyrrole nitrogens is 1. The number of nitrogens with zero attached hydrogens (tertiary/aromatic N) is 2. The lowest BCUT2D eigenvalue weighted by atomic mass is 10.1. The Morgan fingerprint density at radius 1 is 1.14 bits per heavy atom. The molecular weight excluding hydrogens is 272 g/mol. The van der Waals surface area contributed by atoms with Crippen molar-refractivity contribution in [2.24, 2.45) is 0 Å². The van der Waals surface area contributed by atoms with Crippen molar-refractivity contribution >= 4 is 22.5 Å². The summed E-state index contributed by atoms with van der Waals surface area (Å²) in [5.41, 5.74) is -0.321. The Bertz CT molecular complexity index is 889. The zero-order valence-corrected chi connectivity index (χ0v) is 10.7. The molecule has 0 aliphatic heterocycles. The lowest BCUT2D eigenvalue weighted by Gasteiger charge is -2.07. The first-order valence-corrected chi connectivity index (χ1v) is 6.09. The first-order valence-electron chi connectivity index (χ1n) is 6.09. The molecule has 2 aromatic heterocycles. The molecule has 0 aliphatic carbocycles. The number of pyridine rings is 1. The fraction of sp³-hybridized carbons (Fsp3) is 0. The van der Waals surface area contributed by atoms with E-state index in [0.29, 0.717) is 10.8 Å². The molecule has 0 fully saturated rings. The third kappa shape index (κ3) is 2.32. The van der Waals surface area contributed by atoms with Gasteiger partial charge in [0.05, 0.1) is 5.39 Å². The van der Waals surface area contributed by atoms with Crippen LogP contribution in [0.2, 0.25) is 0 Å². The lowest BCUT2D eigenvalue weighted by Crippen LogP contribution is -2.19. The molecule has 0 saturated heterocycles. The molecule has 0 aliphatic rings. The summed E-state index contributed by atoms with van der Waals surface area (Å²) in [5.74, 6) is -0.699. The second kappa shape index (κ2) is 5.04. The minimum absolute atomic E-state index is 0.0274. The minimum Gasteiger partial charge on any atom is -0.504 e. The Kier molecular flexibility index (Phi) is 3.07. The number of aromatic nitrogens is 3. The van der Waals surface area contributed by atoms with Gasteiger partial charge in [0.25, 0.3) is 11.5 Å². The van der Waals surface area contributed by atoms with Gasteiger partial charge in [-0.2, -0.15) is 5.10 Å². The highest BCUT2D eigenvalue weighted by atomic mass is 16.3. The van der Waals surface area contributed by atoms with E-state index in [9.17, 15) is 14.7 Å². The molecule has 7 heteroatoms. The molecule has 3 aromatic rings. The van der Waals surface area contributed by atoms with E-state index in [4.69, 9.17) is 0 Å². The van der Waals surface area contributed by atoms with E-state index in [1.807, 2.05) is 0 Å². The van der Waals surface area contributed by atoms with Gasteiger partial charge in [-0.25, -0.2) is 10.1 Å². The van der Waals surface area contributed by atoms with E-state index in [1.54, 1.807) is 30.3 Å². The number of carbonyl (C=O) groups excluding carboxylic acids is 1. The summed E-state index contributed by atoms with van der Waals surface area (Å²) in [6.45, 7) is 0. The summed E-state index contributed by atoms with van der Waals surface area (Å²) in [6, 6.07) is 9.58. The normalized spacial score (nSPS) is 10.5.